The van der Waals surface area contributed by atoms with E-state index in [1.54, 1.807) is 6.07 Å². The highest BCUT2D eigenvalue weighted by atomic mass is 19.2. The van der Waals surface area contributed by atoms with E-state index in [1.807, 2.05) is 29.2 Å². The minimum absolute atomic E-state index is 0.103. The first kappa shape index (κ1) is 17.4. The minimum atomic E-state index is -0.928. The van der Waals surface area contributed by atoms with E-state index in [2.05, 4.69) is 10.3 Å². The number of carbonyl (C=O) groups excluding carboxylic acids is 1. The van der Waals surface area contributed by atoms with E-state index in [-0.39, 0.29) is 5.91 Å². The van der Waals surface area contributed by atoms with Crippen LogP contribution in [0.5, 0.6) is 0 Å². The van der Waals surface area contributed by atoms with Crippen LogP contribution in [0.1, 0.15) is 29.8 Å². The van der Waals surface area contributed by atoms with Crippen molar-refractivity contribution in [3.63, 3.8) is 0 Å². The Balaban J connectivity index is 1.74. The van der Waals surface area contributed by atoms with Gasteiger partial charge in [-0.2, -0.15) is 0 Å². The summed E-state index contributed by atoms with van der Waals surface area (Å²) in [6, 6.07) is 12.7. The zero-order valence-corrected chi connectivity index (χ0v) is 14.7. The highest BCUT2D eigenvalue weighted by Crippen LogP contribution is 2.28. The predicted molar refractivity (Wildman–Crippen MR) is 101 cm³/mol. The maximum atomic E-state index is 13.6. The van der Waals surface area contributed by atoms with Crippen molar-refractivity contribution in [2.45, 2.75) is 19.3 Å². The van der Waals surface area contributed by atoms with Crippen LogP contribution in [-0.2, 0) is 0 Å². The van der Waals surface area contributed by atoms with E-state index in [0.717, 1.165) is 49.9 Å². The Morgan fingerprint density at radius 2 is 1.74 bits per heavy atom. The predicted octanol–water partition coefficient (Wildman–Crippen LogP) is 4.88. The molecule has 0 radical (unpaired) electrons. The zero-order chi connectivity index (χ0) is 18.8. The number of rotatable bonds is 3. The van der Waals surface area contributed by atoms with Gasteiger partial charge < -0.3 is 10.2 Å². The molecule has 1 N–H and O–H groups in total. The maximum Gasteiger partial charge on any atom is 0.272 e. The average molecular weight is 367 g/mol. The number of benzene rings is 2. The number of carbonyl (C=O) groups is 1. The first-order valence-corrected chi connectivity index (χ1v) is 9.03. The van der Waals surface area contributed by atoms with E-state index in [0.29, 0.717) is 22.6 Å². The molecule has 0 unspecified atom stereocenters. The van der Waals surface area contributed by atoms with Gasteiger partial charge in [-0.15, -0.1) is 0 Å². The Morgan fingerprint density at radius 3 is 2.52 bits per heavy atom. The van der Waals surface area contributed by atoms with Gasteiger partial charge in [0.25, 0.3) is 5.91 Å². The van der Waals surface area contributed by atoms with Gasteiger partial charge >= 0.3 is 0 Å². The summed E-state index contributed by atoms with van der Waals surface area (Å²) in [6.45, 7) is 1.47. The summed E-state index contributed by atoms with van der Waals surface area (Å²) in [4.78, 5) is 19.2. The molecule has 0 bridgehead atoms. The van der Waals surface area contributed by atoms with Crippen LogP contribution in [0.4, 0.5) is 20.2 Å². The normalized spacial score (nSPS) is 14.4. The Hall–Kier alpha value is -3.02. The molecule has 6 heteroatoms. The molecular weight excluding hydrogens is 348 g/mol. The number of pyridine rings is 1. The molecule has 0 saturated carbocycles. The highest BCUT2D eigenvalue weighted by Gasteiger charge is 2.21. The largest absolute Gasteiger partial charge is 0.355 e. The van der Waals surface area contributed by atoms with E-state index < -0.39 is 11.6 Å². The van der Waals surface area contributed by atoms with Crippen LogP contribution in [0.15, 0.2) is 48.5 Å². The first-order chi connectivity index (χ1) is 13.1. The van der Waals surface area contributed by atoms with Gasteiger partial charge in [0.2, 0.25) is 0 Å². The monoisotopic (exact) mass is 367 g/mol. The SMILES string of the molecule is O=C(c1cc(Nc2ccc(F)c(F)c2)c2ccccc2n1)N1CCCCC1. The Morgan fingerprint density at radius 1 is 0.963 bits per heavy atom. The van der Waals surface area contributed by atoms with E-state index in [1.165, 1.54) is 6.07 Å². The van der Waals surface area contributed by atoms with Gasteiger partial charge in [0.05, 0.1) is 11.2 Å². The molecule has 2 heterocycles. The lowest BCUT2D eigenvalue weighted by atomic mass is 10.1. The van der Waals surface area contributed by atoms with Crippen molar-refractivity contribution < 1.29 is 13.6 Å². The first-order valence-electron chi connectivity index (χ1n) is 9.03. The smallest absolute Gasteiger partial charge is 0.272 e. The van der Waals surface area contributed by atoms with Crippen LogP contribution in [0.25, 0.3) is 10.9 Å². The minimum Gasteiger partial charge on any atom is -0.355 e. The van der Waals surface area contributed by atoms with Crippen molar-refractivity contribution in [3.05, 3.63) is 65.9 Å². The second kappa shape index (κ2) is 7.31. The van der Waals surface area contributed by atoms with Gasteiger partial charge in [-0.05, 0) is 43.5 Å². The lowest BCUT2D eigenvalue weighted by Crippen LogP contribution is -2.36. The van der Waals surface area contributed by atoms with Crippen molar-refractivity contribution in [2.24, 2.45) is 0 Å². The number of anilines is 2. The third kappa shape index (κ3) is 3.60. The lowest BCUT2D eigenvalue weighted by molar-refractivity contribution is 0.0719. The summed E-state index contributed by atoms with van der Waals surface area (Å²) in [6.07, 6.45) is 3.14. The molecule has 0 spiro atoms. The van der Waals surface area contributed by atoms with Gasteiger partial charge in [0.1, 0.15) is 5.69 Å². The fourth-order valence-corrected chi connectivity index (χ4v) is 3.38. The number of halogens is 2. The summed E-state index contributed by atoms with van der Waals surface area (Å²) in [5.41, 5.74) is 2.06. The van der Waals surface area contributed by atoms with E-state index in [4.69, 9.17) is 0 Å². The third-order valence-electron chi connectivity index (χ3n) is 4.78. The van der Waals surface area contributed by atoms with E-state index in [9.17, 15) is 13.6 Å². The number of aromatic nitrogens is 1. The quantitative estimate of drug-likeness (QED) is 0.717. The number of hydrogen-bond acceptors (Lipinski definition) is 3. The lowest BCUT2D eigenvalue weighted by Gasteiger charge is -2.26. The number of piperidine rings is 1. The second-order valence-corrected chi connectivity index (χ2v) is 6.68. The Kier molecular flexibility index (Phi) is 4.71. The average Bonchev–Trinajstić information content (AvgIpc) is 2.71. The van der Waals surface area contributed by atoms with Crippen molar-refractivity contribution >= 4 is 28.2 Å². The summed E-state index contributed by atoms with van der Waals surface area (Å²) in [5.74, 6) is -1.93. The molecule has 138 valence electrons. The molecule has 4 rings (SSSR count). The molecule has 1 aromatic heterocycles. The van der Waals surface area contributed by atoms with Crippen molar-refractivity contribution in [3.8, 4) is 0 Å². The molecule has 1 fully saturated rings. The number of nitrogens with zero attached hydrogens (tertiary/aromatic N) is 2. The van der Waals surface area contributed by atoms with Gasteiger partial charge in [-0.3, -0.25) is 4.79 Å². The number of nitrogens with one attached hydrogen (secondary N) is 1. The number of fused-ring (bicyclic) bond motifs is 1. The van der Waals surface area contributed by atoms with Gasteiger partial charge in [0, 0.05) is 30.2 Å². The number of para-hydroxylation sites is 1. The van der Waals surface area contributed by atoms with Crippen molar-refractivity contribution in [1.29, 1.82) is 0 Å². The molecule has 1 aliphatic heterocycles. The van der Waals surface area contributed by atoms with Crippen LogP contribution < -0.4 is 5.32 Å². The summed E-state index contributed by atoms with van der Waals surface area (Å²) in [5, 5.41) is 3.90. The molecule has 1 amide bonds. The van der Waals surface area contributed by atoms with Crippen LogP contribution >= 0.6 is 0 Å². The van der Waals surface area contributed by atoms with Crippen LogP contribution in [0.3, 0.4) is 0 Å². The topological polar surface area (TPSA) is 45.2 Å². The number of hydrogen-bond donors (Lipinski definition) is 1. The van der Waals surface area contributed by atoms with Crippen LogP contribution in [0.2, 0.25) is 0 Å². The second-order valence-electron chi connectivity index (χ2n) is 6.68. The van der Waals surface area contributed by atoms with E-state index >= 15 is 0 Å². The Bertz CT molecular complexity index is 1000. The van der Waals surface area contributed by atoms with Crippen LogP contribution in [-0.4, -0.2) is 28.9 Å². The van der Waals surface area contributed by atoms with Crippen molar-refractivity contribution in [2.75, 3.05) is 18.4 Å². The molecular formula is C21H19F2N3O. The zero-order valence-electron chi connectivity index (χ0n) is 14.7. The molecule has 27 heavy (non-hydrogen) atoms. The van der Waals surface area contributed by atoms with Crippen molar-refractivity contribution in [1.82, 2.24) is 9.88 Å². The summed E-state index contributed by atoms with van der Waals surface area (Å²) >= 11 is 0. The van der Waals surface area contributed by atoms with Gasteiger partial charge in [-0.1, -0.05) is 18.2 Å². The summed E-state index contributed by atoms with van der Waals surface area (Å²) < 4.78 is 26.8. The van der Waals surface area contributed by atoms with Crippen LogP contribution in [0, 0.1) is 11.6 Å². The molecule has 4 nitrogen and oxygen atoms in total. The maximum absolute atomic E-state index is 13.6. The fourth-order valence-electron chi connectivity index (χ4n) is 3.38. The number of likely N-dealkylation sites (tertiary alicyclic amines) is 1. The highest BCUT2D eigenvalue weighted by molar-refractivity contribution is 6.00. The molecule has 1 aliphatic rings. The molecule has 0 aliphatic carbocycles. The molecule has 1 saturated heterocycles. The standard InChI is InChI=1S/C21H19F2N3O/c22-16-9-8-14(12-17(16)23)24-19-13-20(21(27)26-10-4-1-5-11-26)25-18-7-3-2-6-15(18)19/h2-3,6-9,12-13H,1,4-5,10-11H2,(H,24,25). The summed E-state index contributed by atoms with van der Waals surface area (Å²) in [7, 11) is 0. The number of amides is 1. The van der Waals surface area contributed by atoms with Gasteiger partial charge in [0.15, 0.2) is 11.6 Å². The molecule has 3 aromatic rings. The Labute approximate surface area is 155 Å². The van der Waals surface area contributed by atoms with Gasteiger partial charge in [-0.25, -0.2) is 13.8 Å². The molecule has 2 aromatic carbocycles. The molecule has 0 atom stereocenters. The fraction of sp³-hybridized carbons (Fsp3) is 0.238. The third-order valence-corrected chi connectivity index (χ3v) is 4.78.